The number of hydrogen-bond acceptors (Lipinski definition) is 3. The third kappa shape index (κ3) is 4.18. The molecule has 0 saturated carbocycles. The maximum atomic E-state index is 12.2. The van der Waals surface area contributed by atoms with E-state index in [-0.39, 0.29) is 11.8 Å². The smallest absolute Gasteiger partial charge is 0.387 e. The molecule has 0 bridgehead atoms. The fourth-order valence-corrected chi connectivity index (χ4v) is 1.97. The molecule has 2 aromatic rings. The van der Waals surface area contributed by atoms with Crippen molar-refractivity contribution in [2.45, 2.75) is 19.6 Å². The molecule has 2 rings (SSSR count). The molecule has 1 N–H and O–H groups in total. The summed E-state index contributed by atoms with van der Waals surface area (Å²) in [5.74, 6) is 0.127. The van der Waals surface area contributed by atoms with Crippen LogP contribution in [-0.4, -0.2) is 6.61 Å². The minimum Gasteiger partial charge on any atom is -0.435 e. The number of rotatable bonds is 5. The van der Waals surface area contributed by atoms with Gasteiger partial charge in [0, 0.05) is 11.7 Å². The van der Waals surface area contributed by atoms with Crippen LogP contribution in [0.15, 0.2) is 48.5 Å². The van der Waals surface area contributed by atoms with E-state index >= 15 is 0 Å². The summed E-state index contributed by atoms with van der Waals surface area (Å²) in [4.78, 5) is 0. The molecule has 0 saturated heterocycles. The van der Waals surface area contributed by atoms with Crippen molar-refractivity contribution in [1.82, 2.24) is 0 Å². The second-order valence-electron chi connectivity index (χ2n) is 4.51. The summed E-state index contributed by atoms with van der Waals surface area (Å²) >= 11 is 0. The van der Waals surface area contributed by atoms with E-state index in [0.717, 1.165) is 11.3 Å². The average Bonchev–Trinajstić information content (AvgIpc) is 2.47. The molecule has 0 fully saturated rings. The van der Waals surface area contributed by atoms with Gasteiger partial charge in [0.05, 0.1) is 11.6 Å². The van der Waals surface area contributed by atoms with Crippen LogP contribution in [0, 0.1) is 11.3 Å². The predicted molar refractivity (Wildman–Crippen MR) is 76.3 cm³/mol. The molecule has 0 aliphatic heterocycles. The van der Waals surface area contributed by atoms with Gasteiger partial charge in [0.1, 0.15) is 5.75 Å². The maximum Gasteiger partial charge on any atom is 0.387 e. The van der Waals surface area contributed by atoms with Gasteiger partial charge in [-0.05, 0) is 42.8 Å². The van der Waals surface area contributed by atoms with Crippen molar-refractivity contribution >= 4 is 5.69 Å². The SMILES string of the molecule is C[C@H](Nc1cccc(C#N)c1)c1cccc(OC(F)F)c1. The summed E-state index contributed by atoms with van der Waals surface area (Å²) in [6.45, 7) is -0.934. The Hall–Kier alpha value is -2.61. The number of nitrogens with one attached hydrogen (secondary N) is 1. The number of halogens is 2. The lowest BCUT2D eigenvalue weighted by molar-refractivity contribution is -0.0498. The zero-order valence-corrected chi connectivity index (χ0v) is 11.4. The summed E-state index contributed by atoms with van der Waals surface area (Å²) in [5, 5.41) is 12.1. The minimum atomic E-state index is -2.84. The largest absolute Gasteiger partial charge is 0.435 e. The molecule has 21 heavy (non-hydrogen) atoms. The first-order valence-electron chi connectivity index (χ1n) is 6.40. The van der Waals surface area contributed by atoms with Crippen LogP contribution in [0.4, 0.5) is 14.5 Å². The molecular formula is C16H14F2N2O. The number of anilines is 1. The van der Waals surface area contributed by atoms with E-state index in [4.69, 9.17) is 5.26 Å². The normalized spacial score (nSPS) is 11.8. The standard InChI is InChI=1S/C16H14F2N2O/c1-11(20-14-6-2-4-12(8-14)10-19)13-5-3-7-15(9-13)21-16(17)18/h2-9,11,16,20H,1H3/t11-/m0/s1. The van der Waals surface area contributed by atoms with E-state index in [1.807, 2.05) is 19.1 Å². The lowest BCUT2D eigenvalue weighted by atomic mass is 10.1. The first-order valence-corrected chi connectivity index (χ1v) is 6.40. The number of alkyl halides is 2. The van der Waals surface area contributed by atoms with Gasteiger partial charge in [-0.2, -0.15) is 14.0 Å². The highest BCUT2D eigenvalue weighted by Crippen LogP contribution is 2.24. The number of ether oxygens (including phenoxy) is 1. The molecule has 1 atom stereocenters. The molecule has 0 aromatic heterocycles. The highest BCUT2D eigenvalue weighted by Gasteiger charge is 2.09. The van der Waals surface area contributed by atoms with Gasteiger partial charge in [0.2, 0.25) is 0 Å². The molecule has 0 spiro atoms. The van der Waals surface area contributed by atoms with E-state index in [1.54, 1.807) is 30.3 Å². The van der Waals surface area contributed by atoms with E-state index in [2.05, 4.69) is 16.1 Å². The van der Waals surface area contributed by atoms with Crippen molar-refractivity contribution in [3.63, 3.8) is 0 Å². The summed E-state index contributed by atoms with van der Waals surface area (Å²) < 4.78 is 28.8. The van der Waals surface area contributed by atoms with Gasteiger partial charge >= 0.3 is 6.61 Å². The highest BCUT2D eigenvalue weighted by molar-refractivity contribution is 5.50. The molecular weight excluding hydrogens is 274 g/mol. The molecule has 3 nitrogen and oxygen atoms in total. The third-order valence-corrected chi connectivity index (χ3v) is 2.96. The first-order chi connectivity index (χ1) is 10.1. The van der Waals surface area contributed by atoms with Gasteiger partial charge in [-0.3, -0.25) is 0 Å². The van der Waals surface area contributed by atoms with Crippen LogP contribution in [-0.2, 0) is 0 Å². The molecule has 0 unspecified atom stereocenters. The summed E-state index contributed by atoms with van der Waals surface area (Å²) in [5.41, 5.74) is 2.17. The number of benzene rings is 2. The van der Waals surface area contributed by atoms with Crippen molar-refractivity contribution in [1.29, 1.82) is 5.26 Å². The minimum absolute atomic E-state index is 0.111. The first kappa shape index (κ1) is 14.8. The van der Waals surface area contributed by atoms with Crippen molar-refractivity contribution in [3.8, 4) is 11.8 Å². The van der Waals surface area contributed by atoms with Crippen LogP contribution >= 0.6 is 0 Å². The van der Waals surface area contributed by atoms with Gasteiger partial charge in [0.15, 0.2) is 0 Å². The molecule has 0 aliphatic carbocycles. The Bertz CT molecular complexity index is 653. The van der Waals surface area contributed by atoms with Crippen LogP contribution in [0.5, 0.6) is 5.75 Å². The Balaban J connectivity index is 2.12. The Kier molecular flexibility index (Phi) is 4.72. The van der Waals surface area contributed by atoms with Gasteiger partial charge in [-0.15, -0.1) is 0 Å². The van der Waals surface area contributed by atoms with Crippen molar-refractivity contribution in [2.75, 3.05) is 5.32 Å². The predicted octanol–water partition coefficient (Wildman–Crippen LogP) is 4.33. The van der Waals surface area contributed by atoms with E-state index in [9.17, 15) is 8.78 Å². The van der Waals surface area contributed by atoms with Crippen molar-refractivity contribution < 1.29 is 13.5 Å². The lowest BCUT2D eigenvalue weighted by Crippen LogP contribution is -2.08. The molecule has 0 radical (unpaired) electrons. The monoisotopic (exact) mass is 288 g/mol. The summed E-state index contributed by atoms with van der Waals surface area (Å²) in [6, 6.07) is 15.6. The van der Waals surface area contributed by atoms with Gasteiger partial charge < -0.3 is 10.1 Å². The van der Waals surface area contributed by atoms with Gasteiger partial charge in [-0.25, -0.2) is 0 Å². The Labute approximate surface area is 121 Å². The fraction of sp³-hybridized carbons (Fsp3) is 0.188. The zero-order valence-electron chi connectivity index (χ0n) is 11.4. The molecule has 2 aromatic carbocycles. The third-order valence-electron chi connectivity index (χ3n) is 2.96. The molecule has 0 amide bonds. The second-order valence-corrected chi connectivity index (χ2v) is 4.51. The zero-order chi connectivity index (χ0) is 15.2. The Morgan fingerprint density at radius 3 is 2.62 bits per heavy atom. The summed E-state index contributed by atoms with van der Waals surface area (Å²) in [6.07, 6.45) is 0. The van der Waals surface area contributed by atoms with E-state index in [0.29, 0.717) is 5.56 Å². The van der Waals surface area contributed by atoms with E-state index < -0.39 is 6.61 Å². The van der Waals surface area contributed by atoms with Crippen LogP contribution in [0.1, 0.15) is 24.1 Å². The molecule has 0 aliphatic rings. The van der Waals surface area contributed by atoms with Crippen molar-refractivity contribution in [3.05, 3.63) is 59.7 Å². The number of hydrogen-bond donors (Lipinski definition) is 1. The quantitative estimate of drug-likeness (QED) is 0.890. The lowest BCUT2D eigenvalue weighted by Gasteiger charge is -2.17. The Morgan fingerprint density at radius 1 is 1.14 bits per heavy atom. The molecule has 108 valence electrons. The fourth-order valence-electron chi connectivity index (χ4n) is 1.97. The van der Waals surface area contributed by atoms with E-state index in [1.165, 1.54) is 6.07 Å². The van der Waals surface area contributed by atoms with Crippen LogP contribution in [0.2, 0.25) is 0 Å². The molecule has 5 heteroatoms. The average molecular weight is 288 g/mol. The van der Waals surface area contributed by atoms with Crippen molar-refractivity contribution in [2.24, 2.45) is 0 Å². The highest BCUT2D eigenvalue weighted by atomic mass is 19.3. The van der Waals surface area contributed by atoms with Crippen LogP contribution in [0.25, 0.3) is 0 Å². The Morgan fingerprint density at radius 2 is 1.90 bits per heavy atom. The van der Waals surface area contributed by atoms with Gasteiger partial charge in [0.25, 0.3) is 0 Å². The van der Waals surface area contributed by atoms with Gasteiger partial charge in [-0.1, -0.05) is 18.2 Å². The summed E-state index contributed by atoms with van der Waals surface area (Å²) in [7, 11) is 0. The van der Waals surface area contributed by atoms with Crippen LogP contribution < -0.4 is 10.1 Å². The molecule has 0 heterocycles. The van der Waals surface area contributed by atoms with Crippen LogP contribution in [0.3, 0.4) is 0 Å². The maximum absolute atomic E-state index is 12.2. The number of nitriles is 1. The number of nitrogens with zero attached hydrogens (tertiary/aromatic N) is 1. The second kappa shape index (κ2) is 6.71. The topological polar surface area (TPSA) is 45.0 Å².